The van der Waals surface area contributed by atoms with Crippen LogP contribution in [0.15, 0.2) is 158 Å². The van der Waals surface area contributed by atoms with Gasteiger partial charge in [0.2, 0.25) is 0 Å². The number of nitrogens with zero attached hydrogens (tertiary/aromatic N) is 2. The average molecular weight is 959 g/mol. The second kappa shape index (κ2) is 17.6. The lowest BCUT2D eigenvalue weighted by Crippen LogP contribution is -2.61. The fourth-order valence-corrected chi connectivity index (χ4v) is 11.2. The summed E-state index contributed by atoms with van der Waals surface area (Å²) in [4.78, 5) is 5.07. The van der Waals surface area contributed by atoms with Gasteiger partial charge in [-0.2, -0.15) is 0 Å². The van der Waals surface area contributed by atoms with Crippen LogP contribution in [0.3, 0.4) is 0 Å². The van der Waals surface area contributed by atoms with Gasteiger partial charge in [0.25, 0.3) is 6.71 Å². The number of hydrogen-bond donors (Lipinski definition) is 0. The predicted molar refractivity (Wildman–Crippen MR) is 312 cm³/mol. The summed E-state index contributed by atoms with van der Waals surface area (Å²) >= 11 is 0. The highest BCUT2D eigenvalue weighted by atomic mass is 16.5. The highest BCUT2D eigenvalue weighted by molar-refractivity contribution is 7.00. The molecule has 3 aliphatic heterocycles. The summed E-state index contributed by atoms with van der Waals surface area (Å²) in [5.41, 5.74) is 24.3. The van der Waals surface area contributed by atoms with E-state index in [-0.39, 0.29) is 28.4 Å². The van der Waals surface area contributed by atoms with Crippen LogP contribution in [0.25, 0.3) is 33.4 Å². The molecule has 11 rings (SSSR count). The molecule has 0 radical (unpaired) electrons. The largest absolute Gasteiger partial charge is 0.490 e. The van der Waals surface area contributed by atoms with Crippen molar-refractivity contribution in [2.24, 2.45) is 0 Å². The number of fused-ring (bicyclic) bond motifs is 5. The molecular formula is C68H71BN2O2. The number of hydrogen-bond acceptors (Lipinski definition) is 4. The molecule has 0 amide bonds. The smallest absolute Gasteiger partial charge is 0.252 e. The van der Waals surface area contributed by atoms with E-state index >= 15 is 0 Å². The van der Waals surface area contributed by atoms with E-state index < -0.39 is 0 Å². The Kier molecular flexibility index (Phi) is 11.7. The Hall–Kier alpha value is -6.98. The van der Waals surface area contributed by atoms with E-state index in [4.69, 9.17) is 9.47 Å². The van der Waals surface area contributed by atoms with Gasteiger partial charge in [0, 0.05) is 46.6 Å². The van der Waals surface area contributed by atoms with Crippen molar-refractivity contribution in [1.82, 2.24) is 0 Å². The number of rotatable bonds is 5. The molecule has 0 saturated carbocycles. The number of anilines is 6. The Morgan fingerprint density at radius 3 is 1.22 bits per heavy atom. The molecule has 3 aliphatic rings. The van der Waals surface area contributed by atoms with E-state index in [9.17, 15) is 0 Å². The Bertz CT molecular complexity index is 3320. The number of ether oxygens (including phenoxy) is 2. The van der Waals surface area contributed by atoms with Gasteiger partial charge in [0.05, 0.1) is 13.2 Å². The van der Waals surface area contributed by atoms with Crippen LogP contribution >= 0.6 is 0 Å². The molecule has 8 aromatic rings. The van der Waals surface area contributed by atoms with Crippen LogP contribution in [-0.2, 0) is 21.7 Å². The molecule has 3 heterocycles. The third kappa shape index (κ3) is 8.93. The van der Waals surface area contributed by atoms with Crippen LogP contribution in [0.5, 0.6) is 11.5 Å². The second-order valence-corrected chi connectivity index (χ2v) is 25.0. The van der Waals surface area contributed by atoms with Gasteiger partial charge in [-0.05, 0) is 161 Å². The van der Waals surface area contributed by atoms with Gasteiger partial charge >= 0.3 is 0 Å². The minimum Gasteiger partial charge on any atom is -0.490 e. The van der Waals surface area contributed by atoms with Crippen LogP contribution in [-0.4, -0.2) is 19.9 Å². The molecule has 0 spiro atoms. The molecule has 8 aromatic carbocycles. The van der Waals surface area contributed by atoms with Gasteiger partial charge in [-0.25, -0.2) is 0 Å². The van der Waals surface area contributed by atoms with E-state index in [1.54, 1.807) is 0 Å². The fraction of sp³-hybridized carbons (Fsp3) is 0.294. The van der Waals surface area contributed by atoms with Gasteiger partial charge in [-0.1, -0.05) is 180 Å². The summed E-state index contributed by atoms with van der Waals surface area (Å²) in [6.45, 7) is 30.8. The van der Waals surface area contributed by atoms with Crippen molar-refractivity contribution in [1.29, 1.82) is 0 Å². The summed E-state index contributed by atoms with van der Waals surface area (Å²) in [6, 6.07) is 60.8. The van der Waals surface area contributed by atoms with Gasteiger partial charge in [0.1, 0.15) is 0 Å². The van der Waals surface area contributed by atoms with Crippen molar-refractivity contribution in [3.63, 3.8) is 0 Å². The Morgan fingerprint density at radius 1 is 0.356 bits per heavy atom. The molecule has 73 heavy (non-hydrogen) atoms. The lowest BCUT2D eigenvalue weighted by Gasteiger charge is -2.44. The standard InChI is InChI=1S/C68H71BN2O2/c1-43-35-60-64-61(36-43)71(55-38-48(45-17-24-51(25-18-45)66(5,6)7)37-49(39-55)46-19-26-52(27-20-46)67(8,9)10)58-40-47(44-15-22-50(23-16-44)65(2,3)4)21-32-56(58)69(64)57-41-62-63(73-34-14-33-72-62)42-59(57)70(60)54-30-28-53(29-31-54)68(11,12)13/h15-32,35-42H,14,33-34H2,1-13H3. The second-order valence-electron chi connectivity index (χ2n) is 25.0. The van der Waals surface area contributed by atoms with Crippen molar-refractivity contribution in [2.75, 3.05) is 23.0 Å². The maximum absolute atomic E-state index is 6.55. The van der Waals surface area contributed by atoms with Gasteiger partial charge < -0.3 is 19.3 Å². The first-order valence-corrected chi connectivity index (χ1v) is 26.5. The molecule has 0 aliphatic carbocycles. The molecule has 0 fully saturated rings. The van der Waals surface area contributed by atoms with Crippen molar-refractivity contribution >= 4 is 57.2 Å². The third-order valence-corrected chi connectivity index (χ3v) is 15.5. The van der Waals surface area contributed by atoms with Crippen molar-refractivity contribution in [3.05, 3.63) is 186 Å². The Labute approximate surface area is 436 Å². The zero-order valence-electron chi connectivity index (χ0n) is 45.4. The van der Waals surface area contributed by atoms with Gasteiger partial charge in [-0.3, -0.25) is 0 Å². The molecule has 0 N–H and O–H groups in total. The minimum atomic E-state index is -0.0936. The molecule has 0 saturated heterocycles. The van der Waals surface area contributed by atoms with Crippen LogP contribution in [0, 0.1) is 6.92 Å². The summed E-state index contributed by atoms with van der Waals surface area (Å²) in [5.74, 6) is 1.61. The molecule has 368 valence electrons. The van der Waals surface area contributed by atoms with Crippen molar-refractivity contribution in [2.45, 2.75) is 118 Å². The third-order valence-electron chi connectivity index (χ3n) is 15.5. The molecule has 4 nitrogen and oxygen atoms in total. The van der Waals surface area contributed by atoms with Gasteiger partial charge in [-0.15, -0.1) is 0 Å². The minimum absolute atomic E-state index is 0.0166. The molecule has 0 atom stereocenters. The quantitative estimate of drug-likeness (QED) is 0.161. The molecule has 0 bridgehead atoms. The molecule has 0 unspecified atom stereocenters. The lowest BCUT2D eigenvalue weighted by atomic mass is 9.33. The monoisotopic (exact) mass is 959 g/mol. The SMILES string of the molecule is Cc1cc2c3c(c1)N(c1ccc(C(C)(C)C)cc1)c1cc4c(cc1B3c1ccc(-c3ccc(C(C)(C)C)cc3)cc1N2c1cc(-c2ccc(C(C)(C)C)cc2)cc(-c2ccc(C(C)(C)C)cc2)c1)OCCCO4. The molecule has 5 heteroatoms. The van der Waals surface area contributed by atoms with Crippen LogP contribution in [0.4, 0.5) is 34.1 Å². The van der Waals surface area contributed by atoms with Crippen LogP contribution in [0.2, 0.25) is 0 Å². The van der Waals surface area contributed by atoms with E-state index in [2.05, 4.69) is 258 Å². The fourth-order valence-electron chi connectivity index (χ4n) is 11.2. The van der Waals surface area contributed by atoms with Crippen molar-refractivity contribution in [3.8, 4) is 44.9 Å². The molecule has 0 aromatic heterocycles. The number of benzene rings is 8. The topological polar surface area (TPSA) is 24.9 Å². The maximum atomic E-state index is 6.55. The first-order chi connectivity index (χ1) is 34.6. The summed E-state index contributed by atoms with van der Waals surface area (Å²) in [5, 5.41) is 0. The zero-order valence-corrected chi connectivity index (χ0v) is 45.4. The number of aryl methyl sites for hydroxylation is 1. The van der Waals surface area contributed by atoms with Crippen LogP contribution < -0.4 is 35.7 Å². The zero-order chi connectivity index (χ0) is 51.4. The average Bonchev–Trinajstić information content (AvgIpc) is 3.60. The normalized spacial score (nSPS) is 14.3. The van der Waals surface area contributed by atoms with E-state index in [1.165, 1.54) is 94.6 Å². The van der Waals surface area contributed by atoms with Crippen LogP contribution in [0.1, 0.15) is 117 Å². The van der Waals surface area contributed by atoms with E-state index in [0.717, 1.165) is 35.0 Å². The Morgan fingerprint density at radius 2 is 0.753 bits per heavy atom. The predicted octanol–water partition coefficient (Wildman–Crippen LogP) is 16.4. The summed E-state index contributed by atoms with van der Waals surface area (Å²) in [7, 11) is 0. The van der Waals surface area contributed by atoms with Gasteiger partial charge in [0.15, 0.2) is 11.5 Å². The summed E-state index contributed by atoms with van der Waals surface area (Å²) in [6.07, 6.45) is 0.837. The van der Waals surface area contributed by atoms with E-state index in [1.807, 2.05) is 0 Å². The Balaban J connectivity index is 1.20. The summed E-state index contributed by atoms with van der Waals surface area (Å²) < 4.78 is 13.1. The first kappa shape index (κ1) is 48.3. The maximum Gasteiger partial charge on any atom is 0.252 e. The highest BCUT2D eigenvalue weighted by Gasteiger charge is 2.44. The lowest BCUT2D eigenvalue weighted by molar-refractivity contribution is 0.297. The highest BCUT2D eigenvalue weighted by Crippen LogP contribution is 2.49. The first-order valence-electron chi connectivity index (χ1n) is 26.5. The van der Waals surface area contributed by atoms with Crippen molar-refractivity contribution < 1.29 is 9.47 Å². The van der Waals surface area contributed by atoms with E-state index in [0.29, 0.717) is 13.2 Å². The molecular weight excluding hydrogens is 888 g/mol.